The minimum atomic E-state index is -0.0907. The Hall–Kier alpha value is -2.69. The van der Waals surface area contributed by atoms with Crippen molar-refractivity contribution in [2.24, 2.45) is 0 Å². The van der Waals surface area contributed by atoms with Crippen LogP contribution >= 0.6 is 0 Å². The summed E-state index contributed by atoms with van der Waals surface area (Å²) in [5.41, 5.74) is 4.55. The highest BCUT2D eigenvalue weighted by atomic mass is 16.1. The van der Waals surface area contributed by atoms with Gasteiger partial charge in [-0.2, -0.15) is 5.10 Å². The lowest BCUT2D eigenvalue weighted by Crippen LogP contribution is -2.05. The molecule has 1 aromatic carbocycles. The predicted octanol–water partition coefficient (Wildman–Crippen LogP) is 2.89. The third kappa shape index (κ3) is 2.25. The van der Waals surface area contributed by atoms with Crippen LogP contribution in [0.1, 0.15) is 12.5 Å². The van der Waals surface area contributed by atoms with E-state index in [4.69, 9.17) is 0 Å². The highest BCUT2D eigenvalue weighted by Crippen LogP contribution is 2.25. The van der Waals surface area contributed by atoms with Crippen molar-refractivity contribution in [2.75, 3.05) is 5.32 Å². The molecule has 0 radical (unpaired) electrons. The number of aromatic amines is 1. The fourth-order valence-electron chi connectivity index (χ4n) is 2.22. The summed E-state index contributed by atoms with van der Waals surface area (Å²) in [6.07, 6.45) is 3.55. The number of nitrogens with zero attached hydrogens (tertiary/aromatic N) is 2. The number of hydrogen-bond acceptors (Lipinski definition) is 3. The van der Waals surface area contributed by atoms with Gasteiger partial charge in [0.15, 0.2) is 0 Å². The van der Waals surface area contributed by atoms with Crippen molar-refractivity contribution in [3.8, 4) is 11.3 Å². The smallest absolute Gasteiger partial charge is 0.221 e. The number of aryl methyl sites for hydroxylation is 1. The van der Waals surface area contributed by atoms with E-state index < -0.39 is 0 Å². The van der Waals surface area contributed by atoms with E-state index in [0.717, 1.165) is 33.4 Å². The van der Waals surface area contributed by atoms with Gasteiger partial charge in [0.05, 0.1) is 17.4 Å². The summed E-state index contributed by atoms with van der Waals surface area (Å²) in [5, 5.41) is 10.6. The van der Waals surface area contributed by atoms with Gasteiger partial charge in [0.2, 0.25) is 5.91 Å². The molecule has 0 fully saturated rings. The molecule has 5 heteroatoms. The monoisotopic (exact) mass is 266 g/mol. The van der Waals surface area contributed by atoms with E-state index in [1.165, 1.54) is 6.92 Å². The maximum atomic E-state index is 11.1. The van der Waals surface area contributed by atoms with Gasteiger partial charge >= 0.3 is 0 Å². The van der Waals surface area contributed by atoms with E-state index in [1.54, 1.807) is 6.20 Å². The van der Waals surface area contributed by atoms with Crippen LogP contribution in [-0.2, 0) is 4.79 Å². The first-order valence-corrected chi connectivity index (χ1v) is 6.31. The molecule has 20 heavy (non-hydrogen) atoms. The minimum Gasteiger partial charge on any atom is -0.326 e. The van der Waals surface area contributed by atoms with Gasteiger partial charge in [0.25, 0.3) is 0 Å². The summed E-state index contributed by atoms with van der Waals surface area (Å²) < 4.78 is 0. The second-order valence-corrected chi connectivity index (χ2v) is 4.72. The molecule has 0 saturated heterocycles. The number of fused-ring (bicyclic) bond motifs is 1. The zero-order valence-electron chi connectivity index (χ0n) is 11.3. The Morgan fingerprint density at radius 1 is 1.30 bits per heavy atom. The van der Waals surface area contributed by atoms with Crippen LogP contribution < -0.4 is 5.32 Å². The number of nitrogens with one attached hydrogen (secondary N) is 2. The van der Waals surface area contributed by atoms with Crippen molar-refractivity contribution in [2.45, 2.75) is 13.8 Å². The van der Waals surface area contributed by atoms with Crippen LogP contribution in [0.25, 0.3) is 22.2 Å². The van der Waals surface area contributed by atoms with Crippen molar-refractivity contribution in [1.82, 2.24) is 15.2 Å². The molecule has 2 heterocycles. The van der Waals surface area contributed by atoms with Crippen LogP contribution in [0.3, 0.4) is 0 Å². The number of anilines is 1. The van der Waals surface area contributed by atoms with Crippen molar-refractivity contribution in [3.05, 3.63) is 42.2 Å². The van der Waals surface area contributed by atoms with E-state index in [1.807, 2.05) is 37.4 Å². The third-order valence-corrected chi connectivity index (χ3v) is 3.13. The first-order chi connectivity index (χ1) is 9.63. The topological polar surface area (TPSA) is 70.7 Å². The van der Waals surface area contributed by atoms with Crippen molar-refractivity contribution < 1.29 is 4.79 Å². The summed E-state index contributed by atoms with van der Waals surface area (Å²) in [5.74, 6) is -0.0907. The SMILES string of the molecule is CC(=O)Nc1ccc2c(C)cc(-c3cn[nH]c3)nc2c1. The van der Waals surface area contributed by atoms with Crippen molar-refractivity contribution in [3.63, 3.8) is 0 Å². The fraction of sp³-hybridized carbons (Fsp3) is 0.133. The molecule has 0 aliphatic rings. The van der Waals surface area contributed by atoms with Crippen LogP contribution in [0.4, 0.5) is 5.69 Å². The molecule has 1 amide bonds. The second kappa shape index (κ2) is 4.77. The number of aromatic nitrogens is 3. The van der Waals surface area contributed by atoms with Gasteiger partial charge in [-0.3, -0.25) is 9.89 Å². The molecule has 100 valence electrons. The average molecular weight is 266 g/mol. The van der Waals surface area contributed by atoms with Gasteiger partial charge in [-0.05, 0) is 30.7 Å². The average Bonchev–Trinajstić information content (AvgIpc) is 2.91. The van der Waals surface area contributed by atoms with E-state index in [9.17, 15) is 4.79 Å². The molecule has 0 atom stereocenters. The normalized spacial score (nSPS) is 10.7. The number of rotatable bonds is 2. The highest BCUT2D eigenvalue weighted by Gasteiger charge is 2.07. The molecule has 0 aliphatic carbocycles. The molecule has 2 aromatic heterocycles. The Kier molecular flexibility index (Phi) is 2.95. The molecular formula is C15H14N4O. The summed E-state index contributed by atoms with van der Waals surface area (Å²) in [4.78, 5) is 15.8. The molecule has 0 unspecified atom stereocenters. The predicted molar refractivity (Wildman–Crippen MR) is 78.4 cm³/mol. The highest BCUT2D eigenvalue weighted by molar-refractivity contribution is 5.93. The molecule has 0 saturated carbocycles. The van der Waals surface area contributed by atoms with E-state index >= 15 is 0 Å². The quantitative estimate of drug-likeness (QED) is 0.749. The second-order valence-electron chi connectivity index (χ2n) is 4.72. The first-order valence-electron chi connectivity index (χ1n) is 6.31. The van der Waals surface area contributed by atoms with Gasteiger partial charge < -0.3 is 5.32 Å². The maximum absolute atomic E-state index is 11.1. The third-order valence-electron chi connectivity index (χ3n) is 3.13. The molecule has 3 rings (SSSR count). The minimum absolute atomic E-state index is 0.0907. The van der Waals surface area contributed by atoms with Gasteiger partial charge in [0.1, 0.15) is 0 Å². The lowest BCUT2D eigenvalue weighted by Gasteiger charge is -2.08. The Morgan fingerprint density at radius 2 is 2.15 bits per heavy atom. The number of carbonyl (C=O) groups excluding carboxylic acids is 1. The number of H-pyrrole nitrogens is 1. The Morgan fingerprint density at radius 3 is 2.85 bits per heavy atom. The first kappa shape index (κ1) is 12.3. The summed E-state index contributed by atoms with van der Waals surface area (Å²) in [6, 6.07) is 7.77. The number of carbonyl (C=O) groups is 1. The zero-order chi connectivity index (χ0) is 14.1. The van der Waals surface area contributed by atoms with Crippen LogP contribution in [0.5, 0.6) is 0 Å². The maximum Gasteiger partial charge on any atom is 0.221 e. The summed E-state index contributed by atoms with van der Waals surface area (Å²) >= 11 is 0. The van der Waals surface area contributed by atoms with Gasteiger partial charge in [-0.1, -0.05) is 6.07 Å². The molecule has 0 spiro atoms. The van der Waals surface area contributed by atoms with Gasteiger partial charge in [-0.15, -0.1) is 0 Å². The van der Waals surface area contributed by atoms with E-state index in [0.29, 0.717) is 0 Å². The fourth-order valence-corrected chi connectivity index (χ4v) is 2.22. The Labute approximate surface area is 116 Å². The lowest BCUT2D eigenvalue weighted by atomic mass is 10.1. The summed E-state index contributed by atoms with van der Waals surface area (Å²) in [7, 11) is 0. The van der Waals surface area contributed by atoms with E-state index in [2.05, 4.69) is 20.5 Å². The van der Waals surface area contributed by atoms with Gasteiger partial charge in [0, 0.05) is 29.8 Å². The number of hydrogen-bond donors (Lipinski definition) is 2. The molecular weight excluding hydrogens is 252 g/mol. The van der Waals surface area contributed by atoms with Crippen molar-refractivity contribution in [1.29, 1.82) is 0 Å². The van der Waals surface area contributed by atoms with Gasteiger partial charge in [-0.25, -0.2) is 4.98 Å². The number of pyridine rings is 1. The Balaban J connectivity index is 2.15. The molecule has 3 aromatic rings. The molecule has 0 bridgehead atoms. The van der Waals surface area contributed by atoms with Crippen LogP contribution in [-0.4, -0.2) is 21.1 Å². The number of benzene rings is 1. The molecule has 0 aliphatic heterocycles. The standard InChI is InChI=1S/C15H14N4O/c1-9-5-14(11-7-16-17-8-11)19-15-6-12(18-10(2)20)3-4-13(9)15/h3-8H,1-2H3,(H,16,17)(H,18,20). The van der Waals surface area contributed by atoms with E-state index in [-0.39, 0.29) is 5.91 Å². The summed E-state index contributed by atoms with van der Waals surface area (Å²) in [6.45, 7) is 3.54. The van der Waals surface area contributed by atoms with Crippen LogP contribution in [0.2, 0.25) is 0 Å². The largest absolute Gasteiger partial charge is 0.326 e. The Bertz CT molecular complexity index is 778. The van der Waals surface area contributed by atoms with Crippen LogP contribution in [0.15, 0.2) is 36.7 Å². The molecule has 2 N–H and O–H groups in total. The molecule has 5 nitrogen and oxygen atoms in total. The van der Waals surface area contributed by atoms with Crippen LogP contribution in [0, 0.1) is 6.92 Å². The zero-order valence-corrected chi connectivity index (χ0v) is 11.3. The number of amides is 1. The van der Waals surface area contributed by atoms with Crippen molar-refractivity contribution >= 4 is 22.5 Å². The lowest BCUT2D eigenvalue weighted by molar-refractivity contribution is -0.114.